The minimum Gasteiger partial charge on any atom is -0.480 e. The molecule has 88 valence electrons. The van der Waals surface area contributed by atoms with E-state index >= 15 is 0 Å². The van der Waals surface area contributed by atoms with Crippen molar-refractivity contribution in [1.29, 1.82) is 0 Å². The number of aliphatic carboxylic acids is 1. The highest BCUT2D eigenvalue weighted by molar-refractivity contribution is 7.86. The summed E-state index contributed by atoms with van der Waals surface area (Å²) in [6.07, 6.45) is 0.110. The smallest absolute Gasteiger partial charge is 0.319 e. The van der Waals surface area contributed by atoms with E-state index in [1.807, 2.05) is 0 Å². The number of hydrogen-bond donors (Lipinski definition) is 1. The largest absolute Gasteiger partial charge is 0.480 e. The number of benzene rings is 1. The lowest BCUT2D eigenvalue weighted by atomic mass is 10.3. The Morgan fingerprint density at radius 3 is 2.56 bits per heavy atom. The lowest BCUT2D eigenvalue weighted by molar-refractivity contribution is -0.136. The van der Waals surface area contributed by atoms with Crippen molar-refractivity contribution in [2.45, 2.75) is 23.5 Å². The van der Waals surface area contributed by atoms with Gasteiger partial charge in [0.2, 0.25) is 0 Å². The number of hydrogen-bond acceptors (Lipinski definition) is 2. The molecule has 0 saturated heterocycles. The Morgan fingerprint density at radius 1 is 1.50 bits per heavy atom. The van der Waals surface area contributed by atoms with Crippen LogP contribution in [-0.2, 0) is 15.6 Å². The maximum atomic E-state index is 13.2. The second-order valence-electron chi connectivity index (χ2n) is 3.11. The van der Waals surface area contributed by atoms with Crippen molar-refractivity contribution >= 4 is 16.8 Å². The van der Waals surface area contributed by atoms with Crippen molar-refractivity contribution in [2.75, 3.05) is 0 Å². The van der Waals surface area contributed by atoms with Crippen molar-refractivity contribution in [2.24, 2.45) is 0 Å². The number of carboxylic acid groups (broad SMARTS) is 1. The van der Waals surface area contributed by atoms with Crippen molar-refractivity contribution in [3.05, 3.63) is 29.8 Å². The fourth-order valence-electron chi connectivity index (χ4n) is 1.21. The van der Waals surface area contributed by atoms with Gasteiger partial charge in [0.15, 0.2) is 0 Å². The summed E-state index contributed by atoms with van der Waals surface area (Å²) >= 11 is 0. The summed E-state index contributed by atoms with van der Waals surface area (Å²) < 4.78 is 37.5. The monoisotopic (exact) mass is 248 g/mol. The number of rotatable bonds is 4. The first-order valence-electron chi connectivity index (χ1n) is 4.55. The maximum absolute atomic E-state index is 13.2. The third kappa shape index (κ3) is 2.63. The molecular weight excluding hydrogens is 238 g/mol. The quantitative estimate of drug-likeness (QED) is 0.885. The molecule has 1 aromatic carbocycles. The van der Waals surface area contributed by atoms with Crippen LogP contribution in [0.25, 0.3) is 0 Å². The Kier molecular flexibility index (Phi) is 4.12. The fraction of sp³-hybridized carbons (Fsp3) is 0.300. The van der Waals surface area contributed by atoms with Gasteiger partial charge in [-0.25, -0.2) is 8.78 Å². The molecule has 0 aliphatic heterocycles. The molecule has 2 unspecified atom stereocenters. The summed E-state index contributed by atoms with van der Waals surface area (Å²) in [4.78, 5) is 10.5. The van der Waals surface area contributed by atoms with Gasteiger partial charge in [0, 0.05) is 6.07 Å². The number of carbonyl (C=O) groups is 1. The highest BCUT2D eigenvalue weighted by Crippen LogP contribution is 2.18. The average Bonchev–Trinajstić information content (AvgIpc) is 2.17. The first kappa shape index (κ1) is 12.8. The molecule has 0 spiro atoms. The summed E-state index contributed by atoms with van der Waals surface area (Å²) in [6, 6.07) is 2.54. The summed E-state index contributed by atoms with van der Waals surface area (Å²) in [7, 11) is -2.01. The van der Waals surface area contributed by atoms with Crippen LogP contribution in [0.4, 0.5) is 8.78 Å². The molecule has 3 nitrogen and oxygen atoms in total. The standard InChI is InChI=1S/C10H10F2O3S/c1-2-8(10(13)14)16(15)9-4-3-6(11)5-7(9)12/h3-5,8H,2H2,1H3,(H,13,14). The minimum absolute atomic E-state index is 0.110. The lowest BCUT2D eigenvalue weighted by Gasteiger charge is -2.10. The van der Waals surface area contributed by atoms with Crippen LogP contribution in [0.1, 0.15) is 13.3 Å². The van der Waals surface area contributed by atoms with E-state index < -0.39 is 33.7 Å². The molecule has 6 heteroatoms. The fourth-order valence-corrected chi connectivity index (χ4v) is 2.45. The van der Waals surface area contributed by atoms with Gasteiger partial charge in [0.25, 0.3) is 0 Å². The van der Waals surface area contributed by atoms with E-state index in [1.54, 1.807) is 0 Å². The van der Waals surface area contributed by atoms with Crippen LogP contribution >= 0.6 is 0 Å². The molecule has 2 atom stereocenters. The first-order chi connectivity index (χ1) is 7.47. The molecule has 1 rings (SSSR count). The zero-order chi connectivity index (χ0) is 12.3. The van der Waals surface area contributed by atoms with Crippen LogP contribution in [0.15, 0.2) is 23.1 Å². The van der Waals surface area contributed by atoms with Crippen LogP contribution in [0.5, 0.6) is 0 Å². The van der Waals surface area contributed by atoms with Crippen LogP contribution in [-0.4, -0.2) is 20.5 Å². The zero-order valence-electron chi connectivity index (χ0n) is 8.44. The Hall–Kier alpha value is -1.30. The van der Waals surface area contributed by atoms with Crippen molar-refractivity contribution < 1.29 is 22.9 Å². The van der Waals surface area contributed by atoms with Gasteiger partial charge in [-0.15, -0.1) is 0 Å². The summed E-state index contributed by atoms with van der Waals surface area (Å²) in [5, 5.41) is 7.58. The second kappa shape index (κ2) is 5.16. The SMILES string of the molecule is CCC(C(=O)O)S(=O)c1ccc(F)cc1F. The van der Waals surface area contributed by atoms with E-state index in [9.17, 15) is 17.8 Å². The molecule has 0 aliphatic carbocycles. The van der Waals surface area contributed by atoms with Crippen LogP contribution in [0.3, 0.4) is 0 Å². The van der Waals surface area contributed by atoms with Crippen molar-refractivity contribution in [3.8, 4) is 0 Å². The average molecular weight is 248 g/mol. The summed E-state index contributed by atoms with van der Waals surface area (Å²) in [6.45, 7) is 1.54. The van der Waals surface area contributed by atoms with Gasteiger partial charge in [-0.05, 0) is 18.6 Å². The molecule has 0 aromatic heterocycles. The predicted molar refractivity (Wildman–Crippen MR) is 54.5 cm³/mol. The summed E-state index contributed by atoms with van der Waals surface area (Å²) in [5.41, 5.74) is 0. The van der Waals surface area contributed by atoms with Gasteiger partial charge in [-0.1, -0.05) is 6.92 Å². The minimum atomic E-state index is -2.01. The second-order valence-corrected chi connectivity index (χ2v) is 4.71. The molecule has 0 heterocycles. The van der Waals surface area contributed by atoms with E-state index in [4.69, 9.17) is 5.11 Å². The first-order valence-corrected chi connectivity index (χ1v) is 5.77. The van der Waals surface area contributed by atoms with Crippen LogP contribution < -0.4 is 0 Å². The highest BCUT2D eigenvalue weighted by atomic mass is 32.2. The normalized spacial score (nSPS) is 14.4. The molecule has 16 heavy (non-hydrogen) atoms. The molecule has 0 bridgehead atoms. The Balaban J connectivity index is 3.09. The Labute approximate surface area is 93.6 Å². The van der Waals surface area contributed by atoms with Gasteiger partial charge >= 0.3 is 5.97 Å². The molecule has 0 saturated carbocycles. The molecule has 0 amide bonds. The predicted octanol–water partition coefficient (Wildman–Crippen LogP) is 1.94. The zero-order valence-corrected chi connectivity index (χ0v) is 9.26. The van der Waals surface area contributed by atoms with E-state index in [0.29, 0.717) is 6.07 Å². The molecule has 1 N–H and O–H groups in total. The molecule has 0 radical (unpaired) electrons. The van der Waals surface area contributed by atoms with Crippen molar-refractivity contribution in [1.82, 2.24) is 0 Å². The van der Waals surface area contributed by atoms with E-state index in [0.717, 1.165) is 12.1 Å². The van der Waals surface area contributed by atoms with Gasteiger partial charge in [0.1, 0.15) is 16.9 Å². The van der Waals surface area contributed by atoms with Crippen molar-refractivity contribution in [3.63, 3.8) is 0 Å². The molecule has 0 aliphatic rings. The molecular formula is C10H10F2O3S. The van der Waals surface area contributed by atoms with Gasteiger partial charge in [0.05, 0.1) is 15.7 Å². The third-order valence-corrected chi connectivity index (χ3v) is 3.83. The van der Waals surface area contributed by atoms with Gasteiger partial charge in [-0.2, -0.15) is 0 Å². The molecule has 0 fully saturated rings. The summed E-state index contributed by atoms with van der Waals surface area (Å²) in [5.74, 6) is -3.04. The number of carboxylic acids is 1. The van der Waals surface area contributed by atoms with E-state index in [1.165, 1.54) is 6.92 Å². The van der Waals surface area contributed by atoms with E-state index in [2.05, 4.69) is 0 Å². The van der Waals surface area contributed by atoms with Crippen LogP contribution in [0, 0.1) is 11.6 Å². The maximum Gasteiger partial charge on any atom is 0.319 e. The lowest BCUT2D eigenvalue weighted by Crippen LogP contribution is -2.25. The highest BCUT2D eigenvalue weighted by Gasteiger charge is 2.26. The topological polar surface area (TPSA) is 54.4 Å². The third-order valence-electron chi connectivity index (χ3n) is 2.02. The Bertz CT molecular complexity index is 434. The van der Waals surface area contributed by atoms with Crippen LogP contribution in [0.2, 0.25) is 0 Å². The van der Waals surface area contributed by atoms with Gasteiger partial charge in [-0.3, -0.25) is 9.00 Å². The van der Waals surface area contributed by atoms with E-state index in [-0.39, 0.29) is 11.3 Å². The van der Waals surface area contributed by atoms with Gasteiger partial charge < -0.3 is 5.11 Å². The molecule has 1 aromatic rings. The number of halogens is 2. The Morgan fingerprint density at radius 2 is 2.12 bits per heavy atom.